The third-order valence-corrected chi connectivity index (χ3v) is 3.82. The lowest BCUT2D eigenvalue weighted by Gasteiger charge is -2.17. The van der Waals surface area contributed by atoms with Crippen molar-refractivity contribution in [3.8, 4) is 0 Å². The van der Waals surface area contributed by atoms with Gasteiger partial charge in [-0.3, -0.25) is 0 Å². The third-order valence-electron chi connectivity index (χ3n) is 3.82. The summed E-state index contributed by atoms with van der Waals surface area (Å²) >= 11 is 0. The predicted molar refractivity (Wildman–Crippen MR) is 70.8 cm³/mol. The Morgan fingerprint density at radius 3 is 2.59 bits per heavy atom. The Hall–Kier alpha value is -1.05. The number of rotatable bonds is 3. The molecule has 1 saturated carbocycles. The van der Waals surface area contributed by atoms with Gasteiger partial charge in [-0.2, -0.15) is 0 Å². The molecule has 1 nitrogen and oxygen atoms in total. The summed E-state index contributed by atoms with van der Waals surface area (Å²) in [7, 11) is 0. The van der Waals surface area contributed by atoms with E-state index >= 15 is 0 Å². The molecule has 0 spiro atoms. The van der Waals surface area contributed by atoms with Crippen LogP contribution in [0.4, 0.5) is 10.1 Å². The van der Waals surface area contributed by atoms with Crippen LogP contribution in [0, 0.1) is 18.7 Å². The number of halogens is 1. The zero-order valence-corrected chi connectivity index (χ0v) is 10.6. The molecule has 1 fully saturated rings. The highest BCUT2D eigenvalue weighted by molar-refractivity contribution is 5.50. The summed E-state index contributed by atoms with van der Waals surface area (Å²) in [6.45, 7) is 2.83. The predicted octanol–water partition coefficient (Wildman–Crippen LogP) is 4.52. The lowest BCUT2D eigenvalue weighted by molar-refractivity contribution is 0.483. The molecule has 0 heterocycles. The Kier molecular flexibility index (Phi) is 4.41. The molecule has 0 unspecified atom stereocenters. The molecule has 0 saturated heterocycles. The number of nitrogens with one attached hydrogen (secondary N) is 1. The van der Waals surface area contributed by atoms with Gasteiger partial charge in [-0.15, -0.1) is 0 Å². The summed E-state index contributed by atoms with van der Waals surface area (Å²) in [4.78, 5) is 0. The van der Waals surface area contributed by atoms with Crippen LogP contribution in [0.3, 0.4) is 0 Å². The van der Waals surface area contributed by atoms with Crippen molar-refractivity contribution < 1.29 is 4.39 Å². The van der Waals surface area contributed by atoms with E-state index in [-0.39, 0.29) is 5.82 Å². The molecule has 0 radical (unpaired) electrons. The first-order valence-corrected chi connectivity index (χ1v) is 6.76. The van der Waals surface area contributed by atoms with Crippen molar-refractivity contribution in [2.24, 2.45) is 5.92 Å². The number of benzene rings is 1. The maximum atomic E-state index is 13.4. The summed E-state index contributed by atoms with van der Waals surface area (Å²) in [5.41, 5.74) is 1.69. The standard InChI is InChI=1S/C15H22FN/c1-12-14(16)9-6-10-15(12)17-11-13-7-4-2-3-5-8-13/h6,9-10,13,17H,2-5,7-8,11H2,1H3. The van der Waals surface area contributed by atoms with Gasteiger partial charge < -0.3 is 5.32 Å². The Bertz CT molecular complexity index is 354. The average Bonchev–Trinajstić information content (AvgIpc) is 2.59. The van der Waals surface area contributed by atoms with E-state index in [1.165, 1.54) is 44.6 Å². The topological polar surface area (TPSA) is 12.0 Å². The molecule has 0 amide bonds. The fourth-order valence-electron chi connectivity index (χ4n) is 2.62. The van der Waals surface area contributed by atoms with E-state index in [1.807, 2.05) is 13.0 Å². The Morgan fingerprint density at radius 2 is 1.88 bits per heavy atom. The molecule has 0 atom stereocenters. The van der Waals surface area contributed by atoms with Gasteiger partial charge >= 0.3 is 0 Å². The first-order chi connectivity index (χ1) is 8.27. The van der Waals surface area contributed by atoms with Crippen LogP contribution in [0.25, 0.3) is 0 Å². The molecule has 2 rings (SSSR count). The summed E-state index contributed by atoms with van der Waals surface area (Å²) in [6, 6.07) is 5.26. The van der Waals surface area contributed by atoms with E-state index in [0.717, 1.165) is 23.7 Å². The van der Waals surface area contributed by atoms with Gasteiger partial charge in [-0.05, 0) is 37.8 Å². The van der Waals surface area contributed by atoms with Gasteiger partial charge in [0.2, 0.25) is 0 Å². The summed E-state index contributed by atoms with van der Waals surface area (Å²) in [5, 5.41) is 3.41. The van der Waals surface area contributed by atoms with Crippen molar-refractivity contribution in [1.29, 1.82) is 0 Å². The van der Waals surface area contributed by atoms with Crippen LogP contribution in [0.2, 0.25) is 0 Å². The lowest BCUT2D eigenvalue weighted by atomic mass is 10.0. The summed E-state index contributed by atoms with van der Waals surface area (Å²) in [5.74, 6) is 0.649. The van der Waals surface area contributed by atoms with Crippen molar-refractivity contribution in [2.75, 3.05) is 11.9 Å². The highest BCUT2D eigenvalue weighted by atomic mass is 19.1. The van der Waals surface area contributed by atoms with Crippen LogP contribution in [0.5, 0.6) is 0 Å². The van der Waals surface area contributed by atoms with Crippen LogP contribution in [-0.2, 0) is 0 Å². The average molecular weight is 235 g/mol. The van der Waals surface area contributed by atoms with Crippen LogP contribution >= 0.6 is 0 Å². The van der Waals surface area contributed by atoms with Crippen LogP contribution < -0.4 is 5.32 Å². The number of hydrogen-bond acceptors (Lipinski definition) is 1. The van der Waals surface area contributed by atoms with E-state index in [9.17, 15) is 4.39 Å². The van der Waals surface area contributed by atoms with Crippen molar-refractivity contribution in [1.82, 2.24) is 0 Å². The van der Waals surface area contributed by atoms with E-state index in [1.54, 1.807) is 6.07 Å². The van der Waals surface area contributed by atoms with E-state index in [2.05, 4.69) is 5.32 Å². The Balaban J connectivity index is 1.90. The molecular formula is C15H22FN. The zero-order chi connectivity index (χ0) is 12.1. The minimum atomic E-state index is -0.115. The van der Waals surface area contributed by atoms with E-state index in [0.29, 0.717) is 0 Å². The molecule has 0 aromatic heterocycles. The van der Waals surface area contributed by atoms with Gasteiger partial charge in [0.25, 0.3) is 0 Å². The fraction of sp³-hybridized carbons (Fsp3) is 0.600. The quantitative estimate of drug-likeness (QED) is 0.760. The third kappa shape index (κ3) is 3.45. The van der Waals surface area contributed by atoms with Crippen LogP contribution in [0.1, 0.15) is 44.1 Å². The molecule has 1 aromatic carbocycles. The van der Waals surface area contributed by atoms with Gasteiger partial charge in [-0.1, -0.05) is 31.7 Å². The smallest absolute Gasteiger partial charge is 0.128 e. The molecule has 1 aliphatic carbocycles. The van der Waals surface area contributed by atoms with Gasteiger partial charge in [0.1, 0.15) is 5.82 Å². The van der Waals surface area contributed by atoms with Gasteiger partial charge in [0, 0.05) is 17.8 Å². The zero-order valence-electron chi connectivity index (χ0n) is 10.6. The normalized spacial score (nSPS) is 17.8. The van der Waals surface area contributed by atoms with Crippen LogP contribution in [0.15, 0.2) is 18.2 Å². The minimum absolute atomic E-state index is 0.115. The maximum absolute atomic E-state index is 13.4. The molecule has 0 bridgehead atoms. The molecule has 1 aliphatic rings. The highest BCUT2D eigenvalue weighted by Crippen LogP contribution is 2.24. The van der Waals surface area contributed by atoms with E-state index in [4.69, 9.17) is 0 Å². The second-order valence-corrected chi connectivity index (χ2v) is 5.15. The highest BCUT2D eigenvalue weighted by Gasteiger charge is 2.12. The fourth-order valence-corrected chi connectivity index (χ4v) is 2.62. The monoisotopic (exact) mass is 235 g/mol. The van der Waals surface area contributed by atoms with Gasteiger partial charge in [-0.25, -0.2) is 4.39 Å². The second kappa shape index (κ2) is 6.04. The molecule has 0 aliphatic heterocycles. The first kappa shape index (κ1) is 12.4. The van der Waals surface area contributed by atoms with Crippen molar-refractivity contribution in [2.45, 2.75) is 45.4 Å². The van der Waals surface area contributed by atoms with Crippen molar-refractivity contribution >= 4 is 5.69 Å². The molecule has 1 aromatic rings. The Morgan fingerprint density at radius 1 is 1.18 bits per heavy atom. The number of hydrogen-bond donors (Lipinski definition) is 1. The number of anilines is 1. The minimum Gasteiger partial charge on any atom is -0.384 e. The Labute approximate surface area is 103 Å². The SMILES string of the molecule is Cc1c(F)cccc1NCC1CCCCCC1. The second-order valence-electron chi connectivity index (χ2n) is 5.15. The molecule has 2 heteroatoms. The summed E-state index contributed by atoms with van der Waals surface area (Å²) in [6.07, 6.45) is 8.12. The van der Waals surface area contributed by atoms with E-state index < -0.39 is 0 Å². The van der Waals surface area contributed by atoms with Gasteiger partial charge in [0.05, 0.1) is 0 Å². The molecular weight excluding hydrogens is 213 g/mol. The molecule has 94 valence electrons. The lowest BCUT2D eigenvalue weighted by Crippen LogP contribution is -2.14. The molecule has 1 N–H and O–H groups in total. The molecule has 17 heavy (non-hydrogen) atoms. The summed E-state index contributed by atoms with van der Waals surface area (Å²) < 4.78 is 13.4. The van der Waals surface area contributed by atoms with Crippen molar-refractivity contribution in [3.05, 3.63) is 29.6 Å². The largest absolute Gasteiger partial charge is 0.384 e. The van der Waals surface area contributed by atoms with Crippen molar-refractivity contribution in [3.63, 3.8) is 0 Å². The van der Waals surface area contributed by atoms with Gasteiger partial charge in [0.15, 0.2) is 0 Å². The van der Waals surface area contributed by atoms with Crippen LogP contribution in [-0.4, -0.2) is 6.54 Å². The maximum Gasteiger partial charge on any atom is 0.128 e. The first-order valence-electron chi connectivity index (χ1n) is 6.76.